The zero-order chi connectivity index (χ0) is 20.8. The van der Waals surface area contributed by atoms with Gasteiger partial charge in [-0.1, -0.05) is 12.1 Å². The van der Waals surface area contributed by atoms with E-state index in [9.17, 15) is 18.8 Å². The molecule has 2 aliphatic rings. The molecule has 2 fully saturated rings. The highest BCUT2D eigenvalue weighted by Gasteiger charge is 2.43. The minimum absolute atomic E-state index is 0.00891. The van der Waals surface area contributed by atoms with Gasteiger partial charge in [0, 0.05) is 45.2 Å². The maximum absolute atomic E-state index is 12.9. The molecule has 2 aliphatic heterocycles. The average molecular weight is 406 g/mol. The molecule has 3 rings (SSSR count). The summed E-state index contributed by atoms with van der Waals surface area (Å²) in [5.41, 5.74) is 0.832. The monoisotopic (exact) mass is 406 g/mol. The number of hydrogen-bond donors (Lipinski definition) is 3. The SMILES string of the molecule is COCC(=O)NC1CC2C(=O)NCC(CCC(=O)NCc3ccc(F)cc3)N2C1. The van der Waals surface area contributed by atoms with E-state index in [4.69, 9.17) is 4.74 Å². The number of carbonyl (C=O) groups is 3. The van der Waals surface area contributed by atoms with Crippen molar-refractivity contribution < 1.29 is 23.5 Å². The van der Waals surface area contributed by atoms with Crippen LogP contribution in [0.3, 0.4) is 0 Å². The number of ether oxygens (including phenoxy) is 1. The Bertz CT molecular complexity index is 743. The zero-order valence-corrected chi connectivity index (χ0v) is 16.4. The Kier molecular flexibility index (Phi) is 7.16. The number of halogens is 1. The van der Waals surface area contributed by atoms with Gasteiger partial charge in [0.2, 0.25) is 17.7 Å². The smallest absolute Gasteiger partial charge is 0.246 e. The van der Waals surface area contributed by atoms with E-state index in [1.165, 1.54) is 19.2 Å². The van der Waals surface area contributed by atoms with Gasteiger partial charge in [0.25, 0.3) is 0 Å². The summed E-state index contributed by atoms with van der Waals surface area (Å²) in [7, 11) is 1.46. The fourth-order valence-electron chi connectivity index (χ4n) is 3.94. The number of nitrogens with one attached hydrogen (secondary N) is 3. The van der Waals surface area contributed by atoms with Crippen LogP contribution in [-0.2, 0) is 25.7 Å². The van der Waals surface area contributed by atoms with Crippen LogP contribution in [0, 0.1) is 5.82 Å². The summed E-state index contributed by atoms with van der Waals surface area (Å²) in [6, 6.07) is 5.64. The largest absolute Gasteiger partial charge is 0.375 e. The lowest BCUT2D eigenvalue weighted by molar-refractivity contribution is -0.129. The first-order valence-electron chi connectivity index (χ1n) is 9.79. The van der Waals surface area contributed by atoms with Gasteiger partial charge in [-0.2, -0.15) is 0 Å². The first kappa shape index (κ1) is 21.2. The lowest BCUT2D eigenvalue weighted by Crippen LogP contribution is -2.58. The third kappa shape index (κ3) is 5.74. The van der Waals surface area contributed by atoms with Crippen LogP contribution in [0.2, 0.25) is 0 Å². The Morgan fingerprint density at radius 2 is 2.03 bits per heavy atom. The van der Waals surface area contributed by atoms with Gasteiger partial charge in [-0.05, 0) is 30.5 Å². The number of fused-ring (bicyclic) bond motifs is 1. The Morgan fingerprint density at radius 1 is 1.28 bits per heavy atom. The molecule has 3 atom stereocenters. The highest BCUT2D eigenvalue weighted by atomic mass is 19.1. The molecule has 2 heterocycles. The summed E-state index contributed by atoms with van der Waals surface area (Å²) in [6.45, 7) is 1.40. The second-order valence-corrected chi connectivity index (χ2v) is 7.49. The number of methoxy groups -OCH3 is 1. The highest BCUT2D eigenvalue weighted by molar-refractivity contribution is 5.84. The second kappa shape index (κ2) is 9.80. The first-order valence-corrected chi connectivity index (χ1v) is 9.79. The number of benzene rings is 1. The quantitative estimate of drug-likeness (QED) is 0.561. The summed E-state index contributed by atoms with van der Waals surface area (Å²) in [5.74, 6) is -0.636. The van der Waals surface area contributed by atoms with E-state index in [1.54, 1.807) is 12.1 Å². The molecule has 9 heteroatoms. The van der Waals surface area contributed by atoms with Crippen LogP contribution in [0.25, 0.3) is 0 Å². The Hall–Kier alpha value is -2.52. The normalized spacial score (nSPS) is 23.9. The highest BCUT2D eigenvalue weighted by Crippen LogP contribution is 2.25. The topological polar surface area (TPSA) is 99.8 Å². The molecular formula is C20H27FN4O4. The average Bonchev–Trinajstić information content (AvgIpc) is 3.12. The molecule has 1 aromatic rings. The minimum atomic E-state index is -0.309. The summed E-state index contributed by atoms with van der Waals surface area (Å²) in [6.07, 6.45) is 1.48. The number of nitrogens with zero attached hydrogens (tertiary/aromatic N) is 1. The van der Waals surface area contributed by atoms with E-state index < -0.39 is 0 Å². The Labute approximate surface area is 169 Å². The van der Waals surface area contributed by atoms with Gasteiger partial charge in [0.05, 0.1) is 6.04 Å². The number of rotatable bonds is 8. The summed E-state index contributed by atoms with van der Waals surface area (Å²) in [4.78, 5) is 38.3. The lowest BCUT2D eigenvalue weighted by atomic mass is 10.0. The van der Waals surface area contributed by atoms with E-state index in [0.29, 0.717) is 38.9 Å². The van der Waals surface area contributed by atoms with Crippen molar-refractivity contribution in [1.29, 1.82) is 0 Å². The number of hydrogen-bond acceptors (Lipinski definition) is 5. The number of piperazine rings is 1. The van der Waals surface area contributed by atoms with Crippen LogP contribution in [0.1, 0.15) is 24.8 Å². The fourth-order valence-corrected chi connectivity index (χ4v) is 3.94. The van der Waals surface area contributed by atoms with Crippen molar-refractivity contribution in [2.75, 3.05) is 26.8 Å². The number of amides is 3. The van der Waals surface area contributed by atoms with E-state index in [-0.39, 0.29) is 48.3 Å². The molecule has 3 N–H and O–H groups in total. The molecule has 8 nitrogen and oxygen atoms in total. The van der Waals surface area contributed by atoms with Crippen LogP contribution in [-0.4, -0.2) is 67.6 Å². The summed E-state index contributed by atoms with van der Waals surface area (Å²) in [5, 5.41) is 8.63. The summed E-state index contributed by atoms with van der Waals surface area (Å²) < 4.78 is 17.8. The van der Waals surface area contributed by atoms with Gasteiger partial charge < -0.3 is 20.7 Å². The van der Waals surface area contributed by atoms with Gasteiger partial charge in [0.1, 0.15) is 12.4 Å². The second-order valence-electron chi connectivity index (χ2n) is 7.49. The van der Waals surface area contributed by atoms with Crippen LogP contribution < -0.4 is 16.0 Å². The molecule has 29 heavy (non-hydrogen) atoms. The molecule has 3 amide bonds. The van der Waals surface area contributed by atoms with Crippen molar-refractivity contribution in [1.82, 2.24) is 20.9 Å². The van der Waals surface area contributed by atoms with E-state index in [2.05, 4.69) is 20.9 Å². The maximum Gasteiger partial charge on any atom is 0.246 e. The predicted octanol–water partition coefficient (Wildman–Crippen LogP) is -0.0740. The minimum Gasteiger partial charge on any atom is -0.375 e. The van der Waals surface area contributed by atoms with E-state index in [1.807, 2.05) is 0 Å². The molecule has 158 valence electrons. The standard InChI is InChI=1S/C20H27FN4O4/c1-29-12-19(27)24-15-8-17-20(28)23-10-16(25(17)11-15)6-7-18(26)22-9-13-2-4-14(21)5-3-13/h2-5,15-17H,6-12H2,1H3,(H,22,26)(H,23,28)(H,24,27). The third-order valence-corrected chi connectivity index (χ3v) is 5.37. The predicted molar refractivity (Wildman–Crippen MR) is 103 cm³/mol. The summed E-state index contributed by atoms with van der Waals surface area (Å²) >= 11 is 0. The van der Waals surface area contributed by atoms with Crippen molar-refractivity contribution in [2.45, 2.75) is 43.9 Å². The van der Waals surface area contributed by atoms with Crippen molar-refractivity contribution in [3.8, 4) is 0 Å². The van der Waals surface area contributed by atoms with Crippen LogP contribution >= 0.6 is 0 Å². The van der Waals surface area contributed by atoms with Gasteiger partial charge in [-0.3, -0.25) is 19.3 Å². The van der Waals surface area contributed by atoms with Crippen LogP contribution in [0.5, 0.6) is 0 Å². The van der Waals surface area contributed by atoms with Crippen molar-refractivity contribution in [2.24, 2.45) is 0 Å². The molecule has 1 aromatic carbocycles. The van der Waals surface area contributed by atoms with E-state index in [0.717, 1.165) is 5.56 Å². The molecule has 0 spiro atoms. The Balaban J connectivity index is 1.47. The van der Waals surface area contributed by atoms with Gasteiger partial charge >= 0.3 is 0 Å². The zero-order valence-electron chi connectivity index (χ0n) is 16.4. The van der Waals surface area contributed by atoms with Gasteiger partial charge in [0.15, 0.2) is 0 Å². The maximum atomic E-state index is 12.9. The molecule has 0 aromatic heterocycles. The molecule has 0 bridgehead atoms. The van der Waals surface area contributed by atoms with Crippen molar-refractivity contribution in [3.05, 3.63) is 35.6 Å². The molecule has 0 radical (unpaired) electrons. The molecule has 0 aliphatic carbocycles. The van der Waals surface area contributed by atoms with Crippen LogP contribution in [0.15, 0.2) is 24.3 Å². The first-order chi connectivity index (χ1) is 14.0. The van der Waals surface area contributed by atoms with Crippen LogP contribution in [0.4, 0.5) is 4.39 Å². The third-order valence-electron chi connectivity index (χ3n) is 5.37. The number of carbonyl (C=O) groups excluding carboxylic acids is 3. The molecule has 2 saturated heterocycles. The van der Waals surface area contributed by atoms with E-state index >= 15 is 0 Å². The van der Waals surface area contributed by atoms with Crippen molar-refractivity contribution >= 4 is 17.7 Å². The fraction of sp³-hybridized carbons (Fsp3) is 0.550. The van der Waals surface area contributed by atoms with Gasteiger partial charge in [-0.15, -0.1) is 0 Å². The lowest BCUT2D eigenvalue weighted by Gasteiger charge is -2.37. The molecule has 0 saturated carbocycles. The molecule has 3 unspecified atom stereocenters. The Morgan fingerprint density at radius 3 is 2.76 bits per heavy atom. The van der Waals surface area contributed by atoms with Gasteiger partial charge in [-0.25, -0.2) is 4.39 Å². The molecular weight excluding hydrogens is 379 g/mol. The van der Waals surface area contributed by atoms with Crippen molar-refractivity contribution in [3.63, 3.8) is 0 Å².